The van der Waals surface area contributed by atoms with E-state index in [1.165, 1.54) is 98.3 Å². The molecule has 1 heterocycles. The maximum atomic E-state index is 2.54. The summed E-state index contributed by atoms with van der Waals surface area (Å²) in [5.41, 5.74) is 18.6. The summed E-state index contributed by atoms with van der Waals surface area (Å²) in [4.78, 5) is 2.54. The van der Waals surface area contributed by atoms with Gasteiger partial charge in [0, 0.05) is 32.1 Å². The van der Waals surface area contributed by atoms with Crippen molar-refractivity contribution in [2.45, 2.75) is 24.7 Å². The first-order chi connectivity index (χ1) is 29.5. The maximum Gasteiger partial charge on any atom is 0.0720 e. The lowest BCUT2D eigenvalue weighted by Crippen LogP contribution is -2.28. The van der Waals surface area contributed by atoms with Crippen molar-refractivity contribution in [1.29, 1.82) is 0 Å². The minimum absolute atomic E-state index is 0.122. The SMILES string of the molecule is CC1(C)c2ccccc2-c2c(N(c3ccc(-c4ccccc4)cc3)c3cccc4c3sc3cccc(C5(c6ccccc6)c6ccccc6-c6ccccc65)c34)cccc21. The molecule has 0 atom stereocenters. The van der Waals surface area contributed by atoms with Crippen molar-refractivity contribution >= 4 is 48.6 Å². The van der Waals surface area contributed by atoms with E-state index >= 15 is 0 Å². The Morgan fingerprint density at radius 1 is 0.400 bits per heavy atom. The summed E-state index contributed by atoms with van der Waals surface area (Å²) in [6.45, 7) is 4.74. The summed E-state index contributed by atoms with van der Waals surface area (Å²) in [5.74, 6) is 0. The van der Waals surface area contributed by atoms with Crippen LogP contribution >= 0.6 is 11.3 Å². The fourth-order valence-electron chi connectivity index (χ4n) is 10.8. The second-order valence-corrected chi connectivity index (χ2v) is 17.8. The molecule has 0 saturated carbocycles. The van der Waals surface area contributed by atoms with E-state index in [9.17, 15) is 0 Å². The average molecular weight is 784 g/mol. The summed E-state index contributed by atoms with van der Waals surface area (Å²) in [6, 6.07) is 79.1. The molecule has 0 saturated heterocycles. The van der Waals surface area contributed by atoms with Gasteiger partial charge < -0.3 is 4.90 Å². The Balaban J connectivity index is 1.15. The van der Waals surface area contributed by atoms with E-state index in [4.69, 9.17) is 0 Å². The van der Waals surface area contributed by atoms with Crippen molar-refractivity contribution in [1.82, 2.24) is 0 Å². The largest absolute Gasteiger partial charge is 0.308 e. The van der Waals surface area contributed by atoms with E-state index in [1.807, 2.05) is 11.3 Å². The topological polar surface area (TPSA) is 3.24 Å². The quantitative estimate of drug-likeness (QED) is 0.162. The van der Waals surface area contributed by atoms with Gasteiger partial charge in [-0.2, -0.15) is 0 Å². The van der Waals surface area contributed by atoms with E-state index < -0.39 is 5.41 Å². The Hall–Kier alpha value is -7.00. The molecule has 12 rings (SSSR count). The average Bonchev–Trinajstić information content (AvgIpc) is 3.92. The maximum absolute atomic E-state index is 2.54. The first-order valence-electron chi connectivity index (χ1n) is 20.9. The van der Waals surface area contributed by atoms with Crippen LogP contribution in [0, 0.1) is 0 Å². The molecule has 0 N–H and O–H groups in total. The summed E-state index contributed by atoms with van der Waals surface area (Å²) >= 11 is 1.91. The molecule has 284 valence electrons. The van der Waals surface area contributed by atoms with Gasteiger partial charge in [0.2, 0.25) is 0 Å². The molecule has 1 nitrogen and oxygen atoms in total. The molecule has 9 aromatic carbocycles. The molecule has 0 radical (unpaired) electrons. The Morgan fingerprint density at radius 2 is 0.933 bits per heavy atom. The number of nitrogens with zero attached hydrogens (tertiary/aromatic N) is 1. The van der Waals surface area contributed by atoms with Crippen molar-refractivity contribution in [2.75, 3.05) is 4.90 Å². The van der Waals surface area contributed by atoms with Crippen LogP contribution in [0.15, 0.2) is 212 Å². The minimum Gasteiger partial charge on any atom is -0.308 e. The highest BCUT2D eigenvalue weighted by atomic mass is 32.1. The molecule has 10 aromatic rings. The van der Waals surface area contributed by atoms with Crippen LogP contribution in [-0.2, 0) is 10.8 Å². The second-order valence-electron chi connectivity index (χ2n) is 16.8. The monoisotopic (exact) mass is 783 g/mol. The van der Waals surface area contributed by atoms with Gasteiger partial charge in [-0.25, -0.2) is 0 Å². The van der Waals surface area contributed by atoms with Crippen molar-refractivity contribution in [3.8, 4) is 33.4 Å². The highest BCUT2D eigenvalue weighted by molar-refractivity contribution is 7.26. The molecule has 0 unspecified atom stereocenters. The molecule has 2 aliphatic carbocycles. The molecule has 0 aliphatic heterocycles. The summed E-state index contributed by atoms with van der Waals surface area (Å²) < 4.78 is 2.56. The standard InChI is InChI=1S/C58H41NS/c1-57(2)46-26-12-11-24-44(46)54-49(57)29-16-31-51(54)59(41-36-34-39(35-37-41)38-18-5-3-6-19-38)52-32-15-25-45-55-50(30-17-33-53(55)60-56(45)52)58(40-20-7-4-8-21-40)47-27-13-9-22-42(47)43-23-10-14-28-48(43)58/h3-37H,1-2H3. The van der Waals surface area contributed by atoms with Crippen molar-refractivity contribution in [3.05, 3.63) is 246 Å². The number of anilines is 3. The molecule has 0 amide bonds. The highest BCUT2D eigenvalue weighted by Crippen LogP contribution is 2.60. The highest BCUT2D eigenvalue weighted by Gasteiger charge is 2.47. The van der Waals surface area contributed by atoms with Gasteiger partial charge in [0.15, 0.2) is 0 Å². The van der Waals surface area contributed by atoms with Crippen LogP contribution < -0.4 is 4.90 Å². The first-order valence-corrected chi connectivity index (χ1v) is 21.8. The van der Waals surface area contributed by atoms with Gasteiger partial charge in [-0.3, -0.25) is 0 Å². The number of benzene rings is 9. The number of rotatable bonds is 6. The van der Waals surface area contributed by atoms with Gasteiger partial charge in [-0.15, -0.1) is 11.3 Å². The van der Waals surface area contributed by atoms with Crippen LogP contribution in [0.2, 0.25) is 0 Å². The first kappa shape index (κ1) is 35.0. The third-order valence-electron chi connectivity index (χ3n) is 13.4. The molecular formula is C58H41NS. The van der Waals surface area contributed by atoms with Crippen LogP contribution in [0.1, 0.15) is 47.2 Å². The van der Waals surface area contributed by atoms with Crippen LogP contribution in [0.4, 0.5) is 17.1 Å². The van der Waals surface area contributed by atoms with E-state index in [1.54, 1.807) is 0 Å². The van der Waals surface area contributed by atoms with E-state index in [0.29, 0.717) is 0 Å². The number of hydrogen-bond acceptors (Lipinski definition) is 2. The Morgan fingerprint density at radius 3 is 1.65 bits per heavy atom. The second kappa shape index (κ2) is 13.3. The van der Waals surface area contributed by atoms with Crippen LogP contribution in [0.3, 0.4) is 0 Å². The molecule has 0 fully saturated rings. The molecule has 2 aliphatic rings. The zero-order valence-corrected chi connectivity index (χ0v) is 34.4. The fourth-order valence-corrected chi connectivity index (χ4v) is 12.0. The predicted molar refractivity (Wildman–Crippen MR) is 254 cm³/mol. The lowest BCUT2D eigenvalue weighted by atomic mass is 9.66. The zero-order chi connectivity index (χ0) is 40.0. The van der Waals surface area contributed by atoms with E-state index in [0.717, 1.165) is 5.69 Å². The Kier molecular flexibility index (Phi) is 7.73. The van der Waals surface area contributed by atoms with Gasteiger partial charge in [0.25, 0.3) is 0 Å². The molecular weight excluding hydrogens is 743 g/mol. The summed E-state index contributed by atoms with van der Waals surface area (Å²) in [5, 5.41) is 2.60. The predicted octanol–water partition coefficient (Wildman–Crippen LogP) is 15.9. The fraction of sp³-hybridized carbons (Fsp3) is 0.0690. The number of hydrogen-bond donors (Lipinski definition) is 0. The summed E-state index contributed by atoms with van der Waals surface area (Å²) in [7, 11) is 0. The van der Waals surface area contributed by atoms with Gasteiger partial charge in [-0.1, -0.05) is 196 Å². The number of fused-ring (bicyclic) bond motifs is 9. The van der Waals surface area contributed by atoms with Crippen LogP contribution in [0.25, 0.3) is 53.6 Å². The molecule has 0 bridgehead atoms. The van der Waals surface area contributed by atoms with Crippen molar-refractivity contribution < 1.29 is 0 Å². The van der Waals surface area contributed by atoms with Gasteiger partial charge in [-0.05, 0) is 91.5 Å². The van der Waals surface area contributed by atoms with E-state index in [-0.39, 0.29) is 5.41 Å². The molecule has 1 aromatic heterocycles. The summed E-state index contributed by atoms with van der Waals surface area (Å²) in [6.07, 6.45) is 0. The molecule has 0 spiro atoms. The van der Waals surface area contributed by atoms with Gasteiger partial charge in [0.1, 0.15) is 0 Å². The van der Waals surface area contributed by atoms with Crippen molar-refractivity contribution in [2.24, 2.45) is 0 Å². The molecule has 2 heteroatoms. The lowest BCUT2D eigenvalue weighted by molar-refractivity contribution is 0.660. The van der Waals surface area contributed by atoms with Crippen LogP contribution in [0.5, 0.6) is 0 Å². The third-order valence-corrected chi connectivity index (χ3v) is 14.6. The number of thiophene rings is 1. The Labute approximate surface area is 355 Å². The Bertz CT molecular complexity index is 3240. The smallest absolute Gasteiger partial charge is 0.0720 e. The van der Waals surface area contributed by atoms with Gasteiger partial charge in [0.05, 0.1) is 21.5 Å². The minimum atomic E-state index is -0.500. The van der Waals surface area contributed by atoms with E-state index in [2.05, 4.69) is 231 Å². The van der Waals surface area contributed by atoms with Gasteiger partial charge >= 0.3 is 0 Å². The normalized spacial score (nSPS) is 14.1. The third kappa shape index (κ3) is 4.86. The van der Waals surface area contributed by atoms with Crippen molar-refractivity contribution in [3.63, 3.8) is 0 Å². The van der Waals surface area contributed by atoms with Crippen LogP contribution in [-0.4, -0.2) is 0 Å². The lowest BCUT2D eigenvalue weighted by Gasteiger charge is -2.34. The zero-order valence-electron chi connectivity index (χ0n) is 33.6. The molecule has 60 heavy (non-hydrogen) atoms.